The van der Waals surface area contributed by atoms with Crippen molar-refractivity contribution in [3.63, 3.8) is 0 Å². The molecule has 3 aromatic heterocycles. The highest BCUT2D eigenvalue weighted by Crippen LogP contribution is 2.40. The third kappa shape index (κ3) is 12.7. The second-order valence-corrected chi connectivity index (χ2v) is 36.5. The van der Waals surface area contributed by atoms with Crippen molar-refractivity contribution in [1.29, 1.82) is 0 Å². The van der Waals surface area contributed by atoms with E-state index < -0.39 is 344 Å². The van der Waals surface area contributed by atoms with Gasteiger partial charge in [-0.1, -0.05) is 365 Å². The maximum absolute atomic E-state index is 11.8. The van der Waals surface area contributed by atoms with Crippen molar-refractivity contribution in [2.24, 2.45) is 0 Å². The van der Waals surface area contributed by atoms with E-state index in [-0.39, 0.29) is 45.2 Å². The first kappa shape index (κ1) is 37.7. The molecule has 14 aromatic carbocycles. The summed E-state index contributed by atoms with van der Waals surface area (Å²) in [5.41, 5.74) is -3.36. The Bertz CT molecular complexity index is 8330. The average molecular weight is 1500 g/mol. The van der Waals surface area contributed by atoms with Crippen LogP contribution in [0.1, 0.15) is 142 Å². The molecule has 5 nitrogen and oxygen atoms in total. The number of imidazole rings is 1. The van der Waals surface area contributed by atoms with Crippen molar-refractivity contribution >= 4 is 90.5 Å². The van der Waals surface area contributed by atoms with E-state index in [1.165, 1.54) is 34.9 Å². The van der Waals surface area contributed by atoms with Gasteiger partial charge in [-0.25, -0.2) is 4.98 Å². The van der Waals surface area contributed by atoms with Gasteiger partial charge in [0, 0.05) is 32.7 Å². The van der Waals surface area contributed by atoms with Gasteiger partial charge in [0.25, 0.3) is 6.33 Å². The van der Waals surface area contributed by atoms with Gasteiger partial charge in [-0.3, -0.25) is 13.7 Å². The molecule has 17 rings (SSSR count). The molecule has 0 N–H and O–H groups in total. The van der Waals surface area contributed by atoms with Crippen LogP contribution in [0.4, 0.5) is 0 Å². The highest BCUT2D eigenvalue weighted by Gasteiger charge is 2.46. The molecule has 7 heteroatoms. The fourth-order valence-electron chi connectivity index (χ4n) is 14.1. The van der Waals surface area contributed by atoms with E-state index in [1.807, 2.05) is 53.7 Å². The second-order valence-electron chi connectivity index (χ2n) is 29.4. The van der Waals surface area contributed by atoms with Crippen LogP contribution in [-0.2, 0) is 16.2 Å². The summed E-state index contributed by atoms with van der Waals surface area (Å²) in [6.45, 7) is 13.7. The van der Waals surface area contributed by atoms with Gasteiger partial charge in [-0.15, -0.1) is 0 Å². The fraction of sp³-hybridized carbons (Fsp3) is 0.126. The molecule has 0 aliphatic heterocycles. The van der Waals surface area contributed by atoms with Crippen LogP contribution in [0, 0.1) is 13.2 Å². The van der Waals surface area contributed by atoms with Crippen LogP contribution in [0.25, 0.3) is 83.4 Å². The van der Waals surface area contributed by atoms with Crippen molar-refractivity contribution in [1.82, 2.24) is 14.1 Å². The van der Waals surface area contributed by atoms with E-state index in [0.717, 1.165) is 21.9 Å². The van der Waals surface area contributed by atoms with Gasteiger partial charge >= 0.3 is 0 Å². The van der Waals surface area contributed by atoms with E-state index >= 15 is 0 Å². The summed E-state index contributed by atoms with van der Waals surface area (Å²) in [7, 11) is -13.8. The Hall–Kier alpha value is -12.3. The molecule has 0 aliphatic carbocycles. The fourth-order valence-corrected chi connectivity index (χ4v) is 21.7. The number of fused-ring (bicyclic) bond motifs is 4. The number of benzene rings is 14. The van der Waals surface area contributed by atoms with Crippen LogP contribution >= 0.6 is 0 Å². The largest absolute Gasteiger partial charge is 0.458 e. The van der Waals surface area contributed by atoms with Crippen molar-refractivity contribution in [2.75, 3.05) is 0 Å². The lowest BCUT2D eigenvalue weighted by Gasteiger charge is -2.38. The van der Waals surface area contributed by atoms with E-state index in [0.29, 0.717) is 32.9 Å². The van der Waals surface area contributed by atoms with Crippen LogP contribution < -0.4 is 50.8 Å². The van der Waals surface area contributed by atoms with Gasteiger partial charge in [-0.2, -0.15) is 0 Å². The Labute approximate surface area is 708 Å². The lowest BCUT2D eigenvalue weighted by molar-refractivity contribution is -0.570. The maximum atomic E-state index is 11.8. The molecule has 3 heterocycles. The molecule has 0 unspecified atom stereocenters. The Balaban J connectivity index is 1.11. The highest BCUT2D eigenvalue weighted by molar-refractivity contribution is 7.21. The molecule has 0 spiro atoms. The molecule has 0 aliphatic rings. The lowest BCUT2D eigenvalue weighted by atomic mass is 9.79. The zero-order valence-electron chi connectivity index (χ0n) is 103. The summed E-state index contributed by atoms with van der Waals surface area (Å²) >= 11 is 0. The number of pyridine rings is 1. The van der Waals surface area contributed by atoms with Gasteiger partial charge in [0.2, 0.25) is 0 Å². The molecule has 0 amide bonds. The second kappa shape index (κ2) is 28.4. The Kier molecular flexibility index (Phi) is 9.73. The van der Waals surface area contributed by atoms with Gasteiger partial charge in [0.05, 0.1) is 86.9 Å². The quantitative estimate of drug-likeness (QED) is 0.0418. The Morgan fingerprint density at radius 2 is 0.891 bits per heavy atom. The standard InChI is InChI=1S/C103H90N4OSi2/c1-72-60-99(104-70-93(72)73-36-18-11-19-37-73)107-94-55-33-32-54-90(94)91-58-57-82(69-96(91)107)108-81-40-35-39-80(68-81)105-71-106(95-59-56-74(64-97(95)105)76-61-77(101(2,3)4)65-78(62-76)102(5,6)7)100-92(75-38-34-53-89(63-75)109(83-41-20-12-21-42-83,84-43-22-13-23-44-84)85-45-24-14-25-46-85)66-79(103(8,9)10)67-98(100)110(86-47-26-15-27-48-86,87-49-28-16-29-50-87)88-51-30-17-31-52-88/h11-70H,1-10H3/i1D3,11D,12D,13D,14D,15D,16D,17D,18D,19D,20D,21D,22D,23D,24D,25D,26D,27D,28D,29D,30D,31D,34D,36D,37D,38D,41D,42D,43D,44D,45D,46D,47D,48D,49D,50D,51D,52D,53D,63D. The molecule has 536 valence electrons. The normalized spacial score (nSPS) is 17.8. The van der Waals surface area contributed by atoms with E-state index in [2.05, 4.69) is 12.4 Å². The summed E-state index contributed by atoms with van der Waals surface area (Å²) < 4.78 is 422. The first-order valence-corrected chi connectivity index (χ1v) is 39.0. The molecule has 0 saturated carbocycles. The maximum Gasteiger partial charge on any atom is 0.269 e. The van der Waals surface area contributed by atoms with Gasteiger partial charge in [0.15, 0.2) is 16.1 Å². The minimum absolute atomic E-state index is 0.000482. The molecule has 0 atom stereocenters. The zero-order chi connectivity index (χ0) is 112. The number of hydrogen-bond donors (Lipinski definition) is 0. The Morgan fingerprint density at radius 3 is 1.45 bits per heavy atom. The minimum Gasteiger partial charge on any atom is -0.458 e. The van der Waals surface area contributed by atoms with E-state index in [9.17, 15) is 42.5 Å². The van der Waals surface area contributed by atoms with Gasteiger partial charge in [0.1, 0.15) is 17.3 Å². The summed E-state index contributed by atoms with van der Waals surface area (Å²) in [6, 6.07) is -14.8. The number of aryl methyl sites for hydroxylation is 1. The Morgan fingerprint density at radius 1 is 0.391 bits per heavy atom. The number of ether oxygens (including phenoxy) is 1. The predicted molar refractivity (Wildman–Crippen MR) is 467 cm³/mol. The van der Waals surface area contributed by atoms with Gasteiger partial charge in [-0.05, 0) is 163 Å². The summed E-state index contributed by atoms with van der Waals surface area (Å²) in [6.07, 6.45) is 4.58. The molecule has 0 bridgehead atoms. The van der Waals surface area contributed by atoms with Crippen LogP contribution in [0.5, 0.6) is 11.5 Å². The molecule has 0 radical (unpaired) electrons. The summed E-state index contributed by atoms with van der Waals surface area (Å²) in [5, 5.41) is -8.06. The van der Waals surface area contributed by atoms with Crippen molar-refractivity contribution in [3.05, 3.63) is 392 Å². The predicted octanol–water partition coefficient (Wildman–Crippen LogP) is 19.9. The SMILES string of the molecule is [2H]c1c([2H])c([2H])c(-c2cnc(-n3c4ccccc4c4ccc(Oc5cccc(-n6[c-][n+](-c7c(-c8c([2H])c([2H])c([2H])c([Si](c9c([2H])c([2H])c([2H])c([2H])c9[2H])(c9c([2H])c([2H])c([2H])c([2H])c9[2H])c9c([2H])c([2H])c([2H])c([2H])c9[2H])c8[2H])cc(C(C)(C)C)cc7[Si](c7c([2H])c([2H])c([2H])c([2H])c7[2H])(c7c([2H])c([2H])c([2H])c([2H])c7[2H])c7c([2H])c([2H])c([2H])c([2H])c7[2H])c7ccc(-c8cc(C(C)(C)C)cc(C(C)(C)C)c8)cc76)c5)cc43)cc2C([2H])([2H])[2H])c([2H])c1[2H]. The first-order chi connectivity index (χ1) is 70.7. The van der Waals surface area contributed by atoms with Crippen molar-refractivity contribution < 1.29 is 66.9 Å². The van der Waals surface area contributed by atoms with Crippen LogP contribution in [0.3, 0.4) is 0 Å². The minimum atomic E-state index is -6.91. The van der Waals surface area contributed by atoms with E-state index in [1.54, 1.807) is 98.1 Å². The number of nitrogens with zero attached hydrogens (tertiary/aromatic N) is 4. The number of rotatable bonds is 16. The summed E-state index contributed by atoms with van der Waals surface area (Å²) in [5.74, 6) is 0.0766. The lowest BCUT2D eigenvalue weighted by Crippen LogP contribution is -2.76. The van der Waals surface area contributed by atoms with Crippen LogP contribution in [0.15, 0.2) is 363 Å². The number of hydrogen-bond acceptors (Lipinski definition) is 2. The van der Waals surface area contributed by atoms with Gasteiger partial charge < -0.3 is 4.74 Å². The smallest absolute Gasteiger partial charge is 0.269 e. The zero-order valence-corrected chi connectivity index (χ0v) is 62.8. The number of aromatic nitrogens is 4. The van der Waals surface area contributed by atoms with Crippen molar-refractivity contribution in [3.8, 4) is 62.1 Å². The molecule has 17 aromatic rings. The highest BCUT2D eigenvalue weighted by atomic mass is 28.3. The molecular formula is C103H90N4OSi2. The third-order valence-corrected chi connectivity index (χ3v) is 27.8. The molecule has 110 heavy (non-hydrogen) atoms. The topological polar surface area (TPSA) is 35.9 Å². The van der Waals surface area contributed by atoms with Crippen LogP contribution in [-0.4, -0.2) is 30.3 Å². The molecule has 0 saturated heterocycles. The molecular weight excluding hydrogens is 1370 g/mol. The molecule has 0 fully saturated rings. The van der Waals surface area contributed by atoms with Crippen LogP contribution in [0.2, 0.25) is 0 Å². The van der Waals surface area contributed by atoms with E-state index in [4.69, 9.17) is 24.8 Å². The monoisotopic (exact) mass is 1500 g/mol. The average Bonchev–Trinajstić information content (AvgIpc) is 0.710. The first-order valence-electron chi connectivity index (χ1n) is 56.0. The third-order valence-electron chi connectivity index (χ3n) is 19.6. The van der Waals surface area contributed by atoms with Crippen molar-refractivity contribution in [2.45, 2.75) is 85.4 Å². The summed E-state index contributed by atoms with van der Waals surface area (Å²) in [4.78, 5) is 4.75. The number of para-hydroxylation sites is 1.